The molecule has 0 saturated heterocycles. The van der Waals surface area contributed by atoms with E-state index in [2.05, 4.69) is 19.3 Å². The molecule has 0 aromatic heterocycles. The van der Waals surface area contributed by atoms with E-state index in [1.165, 1.54) is 141 Å². The molecule has 40 heavy (non-hydrogen) atoms. The van der Waals surface area contributed by atoms with Crippen LogP contribution in [-0.2, 0) is 9.59 Å². The van der Waals surface area contributed by atoms with Gasteiger partial charge in [0.05, 0.1) is 0 Å². The molecular weight excluding hydrogens is 492 g/mol. The third-order valence-corrected chi connectivity index (χ3v) is 8.84. The van der Waals surface area contributed by atoms with Crippen molar-refractivity contribution in [2.75, 3.05) is 0 Å². The fourth-order valence-electron chi connectivity index (χ4n) is 6.08. The van der Waals surface area contributed by atoms with Gasteiger partial charge >= 0.3 is 0 Å². The van der Waals surface area contributed by atoms with Crippen LogP contribution in [0.2, 0.25) is 0 Å². The van der Waals surface area contributed by atoms with Crippen molar-refractivity contribution in [1.82, 2.24) is 5.43 Å². The Balaban J connectivity index is 3.99. The van der Waals surface area contributed by atoms with Gasteiger partial charge in [-0.1, -0.05) is 181 Å². The van der Waals surface area contributed by atoms with E-state index < -0.39 is 5.54 Å². The normalized spacial score (nSPS) is 11.8. The molecule has 0 aliphatic rings. The van der Waals surface area contributed by atoms with Gasteiger partial charge in [0.2, 0.25) is 0 Å². The van der Waals surface area contributed by atoms with E-state index in [0.29, 0.717) is 19.3 Å². The Morgan fingerprint density at radius 1 is 0.425 bits per heavy atom. The van der Waals surface area contributed by atoms with Gasteiger partial charge in [-0.25, -0.2) is 5.43 Å². The summed E-state index contributed by atoms with van der Waals surface area (Å²) in [6, 6.07) is 0. The average molecular weight is 565 g/mol. The van der Waals surface area contributed by atoms with E-state index in [0.717, 1.165) is 32.1 Å². The standard InChI is InChI=1S/C36H72N2O2/c1-4-7-9-11-13-15-17-19-21-23-25-27-29-31-34(39)36(38-37,33-6-3)35(40)32-30-28-26-24-22-20-18-16-14-12-10-8-5-2/h38H,4-33,37H2,1-3H3. The lowest BCUT2D eigenvalue weighted by Crippen LogP contribution is -2.60. The maximum absolute atomic E-state index is 13.2. The van der Waals surface area contributed by atoms with Gasteiger partial charge in [0.25, 0.3) is 0 Å². The van der Waals surface area contributed by atoms with Gasteiger partial charge in [-0.2, -0.15) is 0 Å². The molecule has 0 spiro atoms. The smallest absolute Gasteiger partial charge is 0.161 e. The molecule has 0 heterocycles. The van der Waals surface area contributed by atoms with Crippen molar-refractivity contribution >= 4 is 11.6 Å². The van der Waals surface area contributed by atoms with Crippen LogP contribution >= 0.6 is 0 Å². The van der Waals surface area contributed by atoms with Crippen LogP contribution in [0.1, 0.15) is 213 Å². The summed E-state index contributed by atoms with van der Waals surface area (Å²) >= 11 is 0. The SMILES string of the molecule is CCCCCCCCCCCCCCCC(=O)C(CCC)(NN)C(=O)CCCCCCCCCCCCCCC. The van der Waals surface area contributed by atoms with Gasteiger partial charge in [0.15, 0.2) is 11.6 Å². The summed E-state index contributed by atoms with van der Waals surface area (Å²) in [5.74, 6) is 5.92. The highest BCUT2D eigenvalue weighted by Gasteiger charge is 2.42. The molecular formula is C36H72N2O2. The molecule has 0 bridgehead atoms. The largest absolute Gasteiger partial charge is 0.297 e. The van der Waals surface area contributed by atoms with Crippen LogP contribution in [0.5, 0.6) is 0 Å². The predicted molar refractivity (Wildman–Crippen MR) is 176 cm³/mol. The van der Waals surface area contributed by atoms with Crippen LogP contribution in [0, 0.1) is 0 Å². The van der Waals surface area contributed by atoms with Gasteiger partial charge in [-0.05, 0) is 19.3 Å². The lowest BCUT2D eigenvalue weighted by molar-refractivity contribution is -0.137. The second kappa shape index (κ2) is 29.7. The number of nitrogens with two attached hydrogens (primary N) is 1. The highest BCUT2D eigenvalue weighted by molar-refractivity contribution is 6.11. The number of hydrazine groups is 1. The van der Waals surface area contributed by atoms with Gasteiger partial charge in [-0.15, -0.1) is 0 Å². The van der Waals surface area contributed by atoms with Gasteiger partial charge in [0.1, 0.15) is 5.54 Å². The lowest BCUT2D eigenvalue weighted by atomic mass is 9.81. The number of rotatable bonds is 33. The minimum Gasteiger partial charge on any atom is -0.297 e. The second-order valence-electron chi connectivity index (χ2n) is 12.6. The number of unbranched alkanes of at least 4 members (excludes halogenated alkanes) is 24. The summed E-state index contributed by atoms with van der Waals surface area (Å²) in [6.07, 6.45) is 35.6. The molecule has 0 rings (SSSR count). The quantitative estimate of drug-likeness (QED) is 0.0360. The maximum atomic E-state index is 13.2. The number of hydrogen-bond donors (Lipinski definition) is 2. The van der Waals surface area contributed by atoms with Crippen molar-refractivity contribution in [2.24, 2.45) is 5.84 Å². The molecule has 0 unspecified atom stereocenters. The highest BCUT2D eigenvalue weighted by Crippen LogP contribution is 2.23. The number of carbonyl (C=O) groups is 2. The van der Waals surface area contributed by atoms with Crippen LogP contribution < -0.4 is 11.3 Å². The Bertz CT molecular complexity index is 521. The third kappa shape index (κ3) is 21.0. The number of Topliss-reactive ketones (excluding diaryl/α,β-unsaturated/α-hetero) is 2. The summed E-state index contributed by atoms with van der Waals surface area (Å²) < 4.78 is 0. The number of carbonyl (C=O) groups excluding carboxylic acids is 2. The van der Waals surface area contributed by atoms with Crippen LogP contribution in [0.25, 0.3) is 0 Å². The molecule has 0 atom stereocenters. The minimum absolute atomic E-state index is 0.0135. The van der Waals surface area contributed by atoms with E-state index in [-0.39, 0.29) is 11.6 Å². The monoisotopic (exact) mass is 565 g/mol. The predicted octanol–water partition coefficient (Wildman–Crippen LogP) is 11.1. The maximum Gasteiger partial charge on any atom is 0.161 e. The van der Waals surface area contributed by atoms with Gasteiger partial charge in [0, 0.05) is 12.8 Å². The van der Waals surface area contributed by atoms with Crippen LogP contribution in [0.3, 0.4) is 0 Å². The highest BCUT2D eigenvalue weighted by atomic mass is 16.2. The van der Waals surface area contributed by atoms with E-state index in [1.807, 2.05) is 6.92 Å². The Kier molecular flexibility index (Phi) is 29.2. The summed E-state index contributed by atoms with van der Waals surface area (Å²) in [5.41, 5.74) is 1.55. The molecule has 4 nitrogen and oxygen atoms in total. The fraction of sp³-hybridized carbons (Fsp3) is 0.944. The molecule has 0 saturated carbocycles. The molecule has 0 radical (unpaired) electrons. The average Bonchev–Trinajstić information content (AvgIpc) is 2.96. The Morgan fingerprint density at radius 2 is 0.675 bits per heavy atom. The van der Waals surface area contributed by atoms with Crippen molar-refractivity contribution in [3.63, 3.8) is 0 Å². The topological polar surface area (TPSA) is 72.2 Å². The Morgan fingerprint density at radius 3 is 0.900 bits per heavy atom. The summed E-state index contributed by atoms with van der Waals surface area (Å²) in [5, 5.41) is 0. The molecule has 3 N–H and O–H groups in total. The number of hydrogen-bond acceptors (Lipinski definition) is 4. The fourth-order valence-corrected chi connectivity index (χ4v) is 6.08. The summed E-state index contributed by atoms with van der Waals surface area (Å²) in [4.78, 5) is 26.4. The van der Waals surface area contributed by atoms with Crippen molar-refractivity contribution in [1.29, 1.82) is 0 Å². The first-order valence-corrected chi connectivity index (χ1v) is 18.1. The van der Waals surface area contributed by atoms with Crippen LogP contribution in [0.4, 0.5) is 0 Å². The molecule has 0 amide bonds. The zero-order valence-electron chi connectivity index (χ0n) is 27.6. The molecule has 0 aromatic rings. The molecule has 0 aliphatic heterocycles. The van der Waals surface area contributed by atoms with Crippen molar-refractivity contribution in [2.45, 2.75) is 219 Å². The Hall–Kier alpha value is -0.740. The van der Waals surface area contributed by atoms with Crippen LogP contribution in [0.15, 0.2) is 0 Å². The van der Waals surface area contributed by atoms with E-state index >= 15 is 0 Å². The van der Waals surface area contributed by atoms with Gasteiger partial charge in [-0.3, -0.25) is 15.4 Å². The molecule has 0 aliphatic carbocycles. The number of nitrogens with one attached hydrogen (secondary N) is 1. The summed E-state index contributed by atoms with van der Waals surface area (Å²) in [7, 11) is 0. The Labute approximate surface area is 251 Å². The summed E-state index contributed by atoms with van der Waals surface area (Å²) in [6.45, 7) is 6.57. The molecule has 238 valence electrons. The number of ketones is 2. The van der Waals surface area contributed by atoms with Gasteiger partial charge < -0.3 is 0 Å². The zero-order chi connectivity index (χ0) is 29.6. The second-order valence-corrected chi connectivity index (χ2v) is 12.6. The first kappa shape index (κ1) is 39.3. The third-order valence-electron chi connectivity index (χ3n) is 8.84. The lowest BCUT2D eigenvalue weighted by Gasteiger charge is -2.30. The molecule has 0 fully saturated rings. The van der Waals surface area contributed by atoms with Crippen LogP contribution in [-0.4, -0.2) is 17.1 Å². The first-order valence-electron chi connectivity index (χ1n) is 18.1. The molecule has 4 heteroatoms. The minimum atomic E-state index is -1.16. The van der Waals surface area contributed by atoms with E-state index in [4.69, 9.17) is 5.84 Å². The van der Waals surface area contributed by atoms with E-state index in [1.54, 1.807) is 0 Å². The zero-order valence-corrected chi connectivity index (χ0v) is 27.6. The van der Waals surface area contributed by atoms with Crippen molar-refractivity contribution in [3.8, 4) is 0 Å². The van der Waals surface area contributed by atoms with Crippen molar-refractivity contribution < 1.29 is 9.59 Å². The first-order chi connectivity index (χ1) is 19.6. The van der Waals surface area contributed by atoms with E-state index in [9.17, 15) is 9.59 Å². The van der Waals surface area contributed by atoms with Crippen molar-refractivity contribution in [3.05, 3.63) is 0 Å². The molecule has 0 aromatic carbocycles.